The SMILES string of the molecule is C[C@H]1[C@H](NC(=O)/C(=N/OCCN)c2cccs2)C(=O)N1S(=O)(=O)O. The predicted octanol–water partition coefficient (Wildman–Crippen LogP) is -1.05. The average molecular weight is 376 g/mol. The van der Waals surface area contributed by atoms with Crippen molar-refractivity contribution in [2.75, 3.05) is 13.2 Å². The largest absolute Gasteiger partial charge is 0.394 e. The van der Waals surface area contributed by atoms with Crippen molar-refractivity contribution in [1.29, 1.82) is 0 Å². The van der Waals surface area contributed by atoms with Gasteiger partial charge in [-0.25, -0.2) is 4.31 Å². The summed E-state index contributed by atoms with van der Waals surface area (Å²) in [5, 5.41) is 7.85. The van der Waals surface area contributed by atoms with E-state index in [1.165, 1.54) is 18.3 Å². The Balaban J connectivity index is 2.12. The Hall–Kier alpha value is -2.02. The first-order chi connectivity index (χ1) is 11.3. The lowest BCUT2D eigenvalue weighted by atomic mass is 10.0. The Kier molecular flexibility index (Phi) is 5.54. The average Bonchev–Trinajstić information content (AvgIpc) is 3.01. The number of amides is 2. The fourth-order valence-corrected chi connectivity index (χ4v) is 3.67. The fourth-order valence-electron chi connectivity index (χ4n) is 2.09. The lowest BCUT2D eigenvalue weighted by Gasteiger charge is -2.42. The monoisotopic (exact) mass is 376 g/mol. The number of hydrogen-bond donors (Lipinski definition) is 3. The molecule has 1 aromatic rings. The van der Waals surface area contributed by atoms with Crippen molar-refractivity contribution in [3.05, 3.63) is 22.4 Å². The van der Waals surface area contributed by atoms with Crippen LogP contribution < -0.4 is 11.1 Å². The maximum atomic E-state index is 12.4. The van der Waals surface area contributed by atoms with Gasteiger partial charge in [-0.05, 0) is 18.4 Å². The summed E-state index contributed by atoms with van der Waals surface area (Å²) in [6, 6.07) is 1.36. The van der Waals surface area contributed by atoms with Crippen molar-refractivity contribution in [3.63, 3.8) is 0 Å². The van der Waals surface area contributed by atoms with Crippen LogP contribution in [0.3, 0.4) is 0 Å². The number of carbonyl (C=O) groups is 2. The van der Waals surface area contributed by atoms with Crippen LogP contribution in [0.1, 0.15) is 11.8 Å². The van der Waals surface area contributed by atoms with E-state index in [0.717, 1.165) is 0 Å². The lowest BCUT2D eigenvalue weighted by Crippen LogP contribution is -2.71. The van der Waals surface area contributed by atoms with Gasteiger partial charge in [0, 0.05) is 6.54 Å². The fraction of sp³-hybridized carbons (Fsp3) is 0.417. The predicted molar refractivity (Wildman–Crippen MR) is 85.6 cm³/mol. The third kappa shape index (κ3) is 3.72. The number of oxime groups is 1. The molecule has 0 radical (unpaired) electrons. The molecule has 2 atom stereocenters. The molecule has 0 aromatic carbocycles. The minimum Gasteiger partial charge on any atom is -0.394 e. The van der Waals surface area contributed by atoms with Crippen molar-refractivity contribution in [3.8, 4) is 0 Å². The molecule has 132 valence electrons. The molecule has 0 bridgehead atoms. The zero-order valence-corrected chi connectivity index (χ0v) is 14.2. The van der Waals surface area contributed by atoms with Crippen LogP contribution in [0.4, 0.5) is 0 Å². The molecule has 0 saturated carbocycles. The molecule has 1 fully saturated rings. The van der Waals surface area contributed by atoms with E-state index >= 15 is 0 Å². The van der Waals surface area contributed by atoms with Crippen molar-refractivity contribution in [1.82, 2.24) is 9.62 Å². The van der Waals surface area contributed by atoms with Crippen LogP contribution in [0.15, 0.2) is 22.7 Å². The van der Waals surface area contributed by atoms with Gasteiger partial charge >= 0.3 is 10.3 Å². The van der Waals surface area contributed by atoms with E-state index in [0.29, 0.717) is 9.18 Å². The Morgan fingerprint density at radius 3 is 2.79 bits per heavy atom. The molecule has 0 aliphatic carbocycles. The molecule has 4 N–H and O–H groups in total. The number of carbonyl (C=O) groups excluding carboxylic acids is 2. The first-order valence-corrected chi connectivity index (χ1v) is 9.10. The highest BCUT2D eigenvalue weighted by atomic mass is 32.2. The van der Waals surface area contributed by atoms with Crippen LogP contribution in [-0.4, -0.2) is 60.0 Å². The van der Waals surface area contributed by atoms with Crippen molar-refractivity contribution < 1.29 is 27.4 Å². The second-order valence-electron chi connectivity index (χ2n) is 4.84. The first-order valence-electron chi connectivity index (χ1n) is 6.82. The Morgan fingerprint density at radius 1 is 1.58 bits per heavy atom. The number of nitrogens with two attached hydrogens (primary N) is 1. The summed E-state index contributed by atoms with van der Waals surface area (Å²) in [7, 11) is -4.65. The van der Waals surface area contributed by atoms with Crippen molar-refractivity contribution in [2.24, 2.45) is 10.9 Å². The summed E-state index contributed by atoms with van der Waals surface area (Å²) >= 11 is 1.24. The van der Waals surface area contributed by atoms with Crippen molar-refractivity contribution in [2.45, 2.75) is 19.0 Å². The van der Waals surface area contributed by atoms with Crippen LogP contribution >= 0.6 is 11.3 Å². The van der Waals surface area contributed by atoms with Gasteiger partial charge in [0.25, 0.3) is 11.8 Å². The molecule has 0 unspecified atom stereocenters. The molecule has 0 spiro atoms. The zero-order chi connectivity index (χ0) is 17.9. The molecule has 10 nitrogen and oxygen atoms in total. The van der Waals surface area contributed by atoms with Gasteiger partial charge in [0.1, 0.15) is 12.6 Å². The molecular formula is C12H16N4O6S2. The Morgan fingerprint density at radius 2 is 2.29 bits per heavy atom. The molecule has 1 aliphatic rings. The van der Waals surface area contributed by atoms with Gasteiger partial charge in [0.15, 0.2) is 5.71 Å². The van der Waals surface area contributed by atoms with E-state index in [9.17, 15) is 18.0 Å². The number of hydrogen-bond acceptors (Lipinski definition) is 8. The number of thiophene rings is 1. The lowest BCUT2D eigenvalue weighted by molar-refractivity contribution is -0.143. The summed E-state index contributed by atoms with van der Waals surface area (Å²) in [6.45, 7) is 1.70. The van der Waals surface area contributed by atoms with Crippen LogP contribution in [0.2, 0.25) is 0 Å². The first kappa shape index (κ1) is 18.3. The number of rotatable bonds is 7. The summed E-state index contributed by atoms with van der Waals surface area (Å²) < 4.78 is 31.3. The minimum absolute atomic E-state index is 0.0521. The molecule has 2 heterocycles. The van der Waals surface area contributed by atoms with Gasteiger partial charge in [-0.15, -0.1) is 11.3 Å². The molecule has 24 heavy (non-hydrogen) atoms. The molecule has 2 rings (SSSR count). The summed E-state index contributed by atoms with van der Waals surface area (Å²) in [4.78, 5) is 29.6. The quantitative estimate of drug-likeness (QED) is 0.180. The second-order valence-corrected chi connectivity index (χ2v) is 7.08. The topological polar surface area (TPSA) is 151 Å². The molecule has 1 saturated heterocycles. The molecular weight excluding hydrogens is 360 g/mol. The van der Waals surface area contributed by atoms with Gasteiger partial charge in [0.2, 0.25) is 0 Å². The van der Waals surface area contributed by atoms with Crippen LogP contribution in [-0.2, 0) is 24.7 Å². The van der Waals surface area contributed by atoms with Crippen LogP contribution in [0.25, 0.3) is 0 Å². The minimum atomic E-state index is -4.65. The number of β-lactam (4-membered cyclic amide) rings is 1. The van der Waals surface area contributed by atoms with Gasteiger partial charge in [-0.3, -0.25) is 14.1 Å². The van der Waals surface area contributed by atoms with Crippen LogP contribution in [0.5, 0.6) is 0 Å². The van der Waals surface area contributed by atoms with E-state index in [1.807, 2.05) is 0 Å². The zero-order valence-electron chi connectivity index (χ0n) is 12.6. The maximum Gasteiger partial charge on any atom is 0.362 e. The maximum absolute atomic E-state index is 12.4. The van der Waals surface area contributed by atoms with E-state index in [-0.39, 0.29) is 18.9 Å². The van der Waals surface area contributed by atoms with E-state index in [1.54, 1.807) is 17.5 Å². The molecule has 1 aliphatic heterocycles. The standard InChI is InChI=1S/C12H16N4O6S2/c1-7-9(12(18)16(7)24(19,20)21)14-11(17)10(15-22-5-4-13)8-3-2-6-23-8/h2-3,6-7,9H,4-5,13H2,1H3,(H,14,17)(H,19,20,21)/b15-10+/t7-,9-/m0/s1. The third-order valence-corrected chi connectivity index (χ3v) is 5.09. The molecule has 2 amide bonds. The normalized spacial score (nSPS) is 21.4. The Labute approximate surface area is 142 Å². The summed E-state index contributed by atoms with van der Waals surface area (Å²) in [5.74, 6) is -1.62. The Bertz CT molecular complexity index is 746. The van der Waals surface area contributed by atoms with Crippen molar-refractivity contribution >= 4 is 39.2 Å². The second kappa shape index (κ2) is 7.25. The highest BCUT2D eigenvalue weighted by Gasteiger charge is 2.51. The molecule has 12 heteroatoms. The van der Waals surface area contributed by atoms with E-state index in [2.05, 4.69) is 10.5 Å². The van der Waals surface area contributed by atoms with Crippen LogP contribution in [0, 0.1) is 0 Å². The summed E-state index contributed by atoms with van der Waals surface area (Å²) in [5.41, 5.74) is 5.24. The highest BCUT2D eigenvalue weighted by molar-refractivity contribution is 7.84. The van der Waals surface area contributed by atoms with E-state index < -0.39 is 34.2 Å². The van der Waals surface area contributed by atoms with Gasteiger partial charge < -0.3 is 15.9 Å². The summed E-state index contributed by atoms with van der Waals surface area (Å²) in [6.07, 6.45) is 0. The third-order valence-electron chi connectivity index (χ3n) is 3.21. The molecule has 1 aromatic heterocycles. The number of nitrogens with zero attached hydrogens (tertiary/aromatic N) is 2. The van der Waals surface area contributed by atoms with Gasteiger partial charge in [-0.2, -0.15) is 8.42 Å². The smallest absolute Gasteiger partial charge is 0.362 e. The van der Waals surface area contributed by atoms with Gasteiger partial charge in [-0.1, -0.05) is 11.2 Å². The number of nitrogens with one attached hydrogen (secondary N) is 1. The van der Waals surface area contributed by atoms with E-state index in [4.69, 9.17) is 15.1 Å². The van der Waals surface area contributed by atoms with Gasteiger partial charge in [0.05, 0.1) is 10.9 Å². The highest BCUT2D eigenvalue weighted by Crippen LogP contribution is 2.23.